The third-order valence-electron chi connectivity index (χ3n) is 3.17. The minimum atomic E-state index is 0.672. The number of rotatable bonds is 7. The molecule has 0 saturated carbocycles. The number of aryl methyl sites for hydroxylation is 2. The van der Waals surface area contributed by atoms with Gasteiger partial charge in [0.1, 0.15) is 0 Å². The van der Waals surface area contributed by atoms with Crippen molar-refractivity contribution in [3.05, 3.63) is 52.0 Å². The summed E-state index contributed by atoms with van der Waals surface area (Å²) in [7, 11) is 0. The van der Waals surface area contributed by atoms with Gasteiger partial charge in [0.15, 0.2) is 0 Å². The van der Waals surface area contributed by atoms with Crippen LogP contribution in [-0.4, -0.2) is 16.1 Å². The van der Waals surface area contributed by atoms with Gasteiger partial charge in [-0.3, -0.25) is 0 Å². The van der Waals surface area contributed by atoms with Crippen LogP contribution in [0.1, 0.15) is 24.6 Å². The maximum absolute atomic E-state index is 6.19. The molecule has 0 bridgehead atoms. The van der Waals surface area contributed by atoms with E-state index in [1.54, 1.807) is 6.07 Å². The second-order valence-corrected chi connectivity index (χ2v) is 5.58. The van der Waals surface area contributed by atoms with Gasteiger partial charge < -0.3 is 9.88 Å². The Balaban J connectivity index is 1.95. The molecule has 108 valence electrons. The summed E-state index contributed by atoms with van der Waals surface area (Å²) in [6.45, 7) is 4.90. The molecule has 3 nitrogen and oxygen atoms in total. The number of imidazole rings is 1. The Morgan fingerprint density at radius 2 is 2.15 bits per heavy atom. The van der Waals surface area contributed by atoms with Gasteiger partial charge in [0.05, 0.1) is 12.0 Å². The molecule has 0 atom stereocenters. The molecule has 0 aliphatic carbocycles. The molecule has 5 heteroatoms. The fourth-order valence-corrected chi connectivity index (χ4v) is 2.56. The highest BCUT2D eigenvalue weighted by molar-refractivity contribution is 6.35. The van der Waals surface area contributed by atoms with Crippen LogP contribution in [0.5, 0.6) is 0 Å². The van der Waals surface area contributed by atoms with E-state index in [4.69, 9.17) is 23.2 Å². The number of nitrogens with one attached hydrogen (secondary N) is 1. The van der Waals surface area contributed by atoms with Gasteiger partial charge in [-0.25, -0.2) is 4.98 Å². The number of halogens is 2. The number of nitrogens with zero attached hydrogens (tertiary/aromatic N) is 2. The molecule has 0 aliphatic rings. The topological polar surface area (TPSA) is 29.9 Å². The normalized spacial score (nSPS) is 10.9. The summed E-state index contributed by atoms with van der Waals surface area (Å²) in [6.07, 6.45) is 5.78. The van der Waals surface area contributed by atoms with E-state index in [1.807, 2.05) is 24.7 Å². The zero-order chi connectivity index (χ0) is 14.4. The molecule has 1 aromatic carbocycles. The van der Waals surface area contributed by atoms with E-state index in [0.717, 1.165) is 43.1 Å². The molecular weight excluding hydrogens is 293 g/mol. The highest BCUT2D eigenvalue weighted by Gasteiger charge is 2.05. The lowest BCUT2D eigenvalue weighted by molar-refractivity contribution is 0.604. The Morgan fingerprint density at radius 1 is 1.30 bits per heavy atom. The maximum atomic E-state index is 6.19. The molecule has 1 aromatic heterocycles. The minimum Gasteiger partial charge on any atom is -0.333 e. The molecule has 0 aliphatic heterocycles. The van der Waals surface area contributed by atoms with Crippen LogP contribution >= 0.6 is 23.2 Å². The van der Waals surface area contributed by atoms with Crippen LogP contribution in [0, 0.1) is 0 Å². The first kappa shape index (κ1) is 15.4. The maximum Gasteiger partial charge on any atom is 0.0948 e. The molecule has 0 amide bonds. The second kappa shape index (κ2) is 7.67. The lowest BCUT2D eigenvalue weighted by Gasteiger charge is -2.10. The lowest BCUT2D eigenvalue weighted by Crippen LogP contribution is -2.17. The van der Waals surface area contributed by atoms with E-state index in [9.17, 15) is 0 Å². The van der Waals surface area contributed by atoms with Crippen LogP contribution in [0.2, 0.25) is 10.0 Å². The van der Waals surface area contributed by atoms with Crippen LogP contribution in [-0.2, 0) is 19.5 Å². The summed E-state index contributed by atoms with van der Waals surface area (Å²) in [5.41, 5.74) is 2.31. The molecule has 2 aromatic rings. The zero-order valence-electron chi connectivity index (χ0n) is 11.6. The summed E-state index contributed by atoms with van der Waals surface area (Å²) in [5.74, 6) is 0. The van der Waals surface area contributed by atoms with Crippen LogP contribution in [0.4, 0.5) is 0 Å². The van der Waals surface area contributed by atoms with Gasteiger partial charge >= 0.3 is 0 Å². The average molecular weight is 312 g/mol. The SMILES string of the molecule is CCCNCc1cncn1CCc1ccc(Cl)cc1Cl. The van der Waals surface area contributed by atoms with Crippen molar-refractivity contribution in [2.45, 2.75) is 32.9 Å². The molecular formula is C15H19Cl2N3. The molecule has 1 N–H and O–H groups in total. The van der Waals surface area contributed by atoms with E-state index in [0.29, 0.717) is 5.02 Å². The molecule has 0 unspecified atom stereocenters. The molecule has 20 heavy (non-hydrogen) atoms. The number of hydrogen-bond acceptors (Lipinski definition) is 2. The Labute approximate surface area is 129 Å². The van der Waals surface area contributed by atoms with E-state index in [1.165, 1.54) is 5.69 Å². The summed E-state index contributed by atoms with van der Waals surface area (Å²) in [4.78, 5) is 4.22. The smallest absolute Gasteiger partial charge is 0.0948 e. The Morgan fingerprint density at radius 3 is 2.90 bits per heavy atom. The predicted octanol–water partition coefficient (Wildman–Crippen LogP) is 3.93. The molecule has 0 spiro atoms. The van der Waals surface area contributed by atoms with Crippen LogP contribution in [0.25, 0.3) is 0 Å². The monoisotopic (exact) mass is 311 g/mol. The van der Waals surface area contributed by atoms with Crippen LogP contribution < -0.4 is 5.32 Å². The van der Waals surface area contributed by atoms with Crippen molar-refractivity contribution in [2.75, 3.05) is 6.54 Å². The summed E-state index contributed by atoms with van der Waals surface area (Å²) in [5, 5.41) is 4.79. The Kier molecular flexibility index (Phi) is 5.89. The van der Waals surface area contributed by atoms with Crippen LogP contribution in [0.3, 0.4) is 0 Å². The van der Waals surface area contributed by atoms with Crippen molar-refractivity contribution in [3.63, 3.8) is 0 Å². The summed E-state index contributed by atoms with van der Waals surface area (Å²) < 4.78 is 2.16. The van der Waals surface area contributed by atoms with Crippen molar-refractivity contribution >= 4 is 23.2 Å². The van der Waals surface area contributed by atoms with Gasteiger partial charge in [-0.15, -0.1) is 0 Å². The van der Waals surface area contributed by atoms with Crippen molar-refractivity contribution in [2.24, 2.45) is 0 Å². The number of benzene rings is 1. The zero-order valence-corrected chi connectivity index (χ0v) is 13.1. The van der Waals surface area contributed by atoms with E-state index in [-0.39, 0.29) is 0 Å². The van der Waals surface area contributed by atoms with Gasteiger partial charge in [0, 0.05) is 29.3 Å². The predicted molar refractivity (Wildman–Crippen MR) is 84.4 cm³/mol. The van der Waals surface area contributed by atoms with Crippen molar-refractivity contribution in [1.82, 2.24) is 14.9 Å². The molecule has 1 heterocycles. The Hall–Kier alpha value is -1.03. The third kappa shape index (κ3) is 4.23. The first-order valence-electron chi connectivity index (χ1n) is 6.84. The molecule has 2 rings (SSSR count). The highest BCUT2D eigenvalue weighted by atomic mass is 35.5. The van der Waals surface area contributed by atoms with Gasteiger partial charge in [0.25, 0.3) is 0 Å². The van der Waals surface area contributed by atoms with Crippen molar-refractivity contribution in [3.8, 4) is 0 Å². The van der Waals surface area contributed by atoms with E-state index < -0.39 is 0 Å². The number of aromatic nitrogens is 2. The molecule has 0 fully saturated rings. The first-order chi connectivity index (χ1) is 9.70. The standard InChI is InChI=1S/C15H19Cl2N3/c1-2-6-18-9-14-10-19-11-20(14)7-5-12-3-4-13(16)8-15(12)17/h3-4,8,10-11,18H,2,5-7,9H2,1H3. The number of hydrogen-bond donors (Lipinski definition) is 1. The lowest BCUT2D eigenvalue weighted by atomic mass is 10.1. The van der Waals surface area contributed by atoms with E-state index >= 15 is 0 Å². The fraction of sp³-hybridized carbons (Fsp3) is 0.400. The van der Waals surface area contributed by atoms with Gasteiger partial charge in [0.2, 0.25) is 0 Å². The Bertz CT molecular complexity index is 552. The summed E-state index contributed by atoms with van der Waals surface area (Å²) in [6, 6.07) is 5.65. The molecule has 0 radical (unpaired) electrons. The van der Waals surface area contributed by atoms with Crippen molar-refractivity contribution in [1.29, 1.82) is 0 Å². The quantitative estimate of drug-likeness (QED) is 0.785. The van der Waals surface area contributed by atoms with Crippen molar-refractivity contribution < 1.29 is 0 Å². The largest absolute Gasteiger partial charge is 0.333 e. The van der Waals surface area contributed by atoms with Gasteiger partial charge in [-0.2, -0.15) is 0 Å². The third-order valence-corrected chi connectivity index (χ3v) is 3.76. The van der Waals surface area contributed by atoms with Gasteiger partial charge in [-0.1, -0.05) is 36.2 Å². The first-order valence-corrected chi connectivity index (χ1v) is 7.60. The van der Waals surface area contributed by atoms with Gasteiger partial charge in [-0.05, 0) is 37.1 Å². The summed E-state index contributed by atoms with van der Waals surface area (Å²) >= 11 is 12.1. The van der Waals surface area contributed by atoms with Crippen LogP contribution in [0.15, 0.2) is 30.7 Å². The minimum absolute atomic E-state index is 0.672. The second-order valence-electron chi connectivity index (χ2n) is 4.74. The average Bonchev–Trinajstić information content (AvgIpc) is 2.86. The fourth-order valence-electron chi connectivity index (χ4n) is 2.06. The highest BCUT2D eigenvalue weighted by Crippen LogP contribution is 2.21. The van der Waals surface area contributed by atoms with E-state index in [2.05, 4.69) is 21.8 Å². The molecule has 0 saturated heterocycles.